The van der Waals surface area contributed by atoms with Gasteiger partial charge >= 0.3 is 6.09 Å². The number of rotatable bonds is 7. The predicted octanol–water partition coefficient (Wildman–Crippen LogP) is 3.74. The van der Waals surface area contributed by atoms with Gasteiger partial charge in [-0.2, -0.15) is 0 Å². The Kier molecular flexibility index (Phi) is 6.49. The van der Waals surface area contributed by atoms with Crippen molar-refractivity contribution in [1.29, 1.82) is 0 Å². The maximum atomic E-state index is 12.5. The summed E-state index contributed by atoms with van der Waals surface area (Å²) in [6, 6.07) is 14.1. The molecular weight excluding hydrogens is 430 g/mol. The smallest absolute Gasteiger partial charge is 0.414 e. The Morgan fingerprint density at radius 2 is 1.85 bits per heavy atom. The number of nitrogens with zero attached hydrogens (tertiary/aromatic N) is 5. The van der Waals surface area contributed by atoms with Crippen LogP contribution in [0.3, 0.4) is 0 Å². The predicted molar refractivity (Wildman–Crippen MR) is 133 cm³/mol. The molecule has 0 radical (unpaired) electrons. The number of aryl methyl sites for hydroxylation is 1. The monoisotopic (exact) mass is 461 g/mol. The number of carbonyl (C=O) groups excluding carboxylic acids is 1. The molecule has 1 amide bonds. The highest BCUT2D eigenvalue weighted by Crippen LogP contribution is 2.27. The second-order valence-corrected chi connectivity index (χ2v) is 8.87. The molecule has 178 valence electrons. The minimum Gasteiger partial charge on any atom is -0.481 e. The van der Waals surface area contributed by atoms with Crippen molar-refractivity contribution in [2.45, 2.75) is 25.9 Å². The highest BCUT2D eigenvalue weighted by atomic mass is 16.6. The maximum absolute atomic E-state index is 12.5. The van der Waals surface area contributed by atoms with Gasteiger partial charge < -0.3 is 14.4 Å². The van der Waals surface area contributed by atoms with Crippen LogP contribution in [0.25, 0.3) is 11.0 Å². The summed E-state index contributed by atoms with van der Waals surface area (Å²) in [5, 5.41) is 0. The quantitative estimate of drug-likeness (QED) is 0.531. The van der Waals surface area contributed by atoms with Crippen molar-refractivity contribution in [3.8, 4) is 5.88 Å². The van der Waals surface area contributed by atoms with E-state index >= 15 is 0 Å². The number of aromatic nitrogens is 2. The molecule has 0 spiro atoms. The van der Waals surface area contributed by atoms with E-state index < -0.39 is 0 Å². The molecule has 5 rings (SSSR count). The Morgan fingerprint density at radius 3 is 2.59 bits per heavy atom. The van der Waals surface area contributed by atoms with Crippen molar-refractivity contribution in [3.63, 3.8) is 0 Å². The number of hydrogen-bond donors (Lipinski definition) is 0. The van der Waals surface area contributed by atoms with Crippen LogP contribution in [0.4, 0.5) is 16.2 Å². The Morgan fingerprint density at radius 1 is 1.06 bits per heavy atom. The lowest BCUT2D eigenvalue weighted by molar-refractivity contribution is 0.106. The summed E-state index contributed by atoms with van der Waals surface area (Å²) in [6.45, 7) is 7.05. The molecule has 1 aromatic carbocycles. The van der Waals surface area contributed by atoms with E-state index in [0.717, 1.165) is 68.0 Å². The van der Waals surface area contributed by atoms with Gasteiger partial charge in [0.15, 0.2) is 0 Å². The Balaban J connectivity index is 1.19. The normalized spacial score (nSPS) is 19.0. The van der Waals surface area contributed by atoms with E-state index in [1.807, 2.05) is 36.5 Å². The van der Waals surface area contributed by atoms with Crippen LogP contribution in [0, 0.1) is 0 Å². The van der Waals surface area contributed by atoms with Gasteiger partial charge in [-0.05, 0) is 36.2 Å². The SMILES string of the molecule is CCCc1ccc(N2C[C@@H](CN3CCN(c4ccnc5ccc(OC)nc45)CC3)OC2=O)cc1. The van der Waals surface area contributed by atoms with Gasteiger partial charge in [-0.1, -0.05) is 25.5 Å². The Bertz CT molecular complexity index is 1140. The number of ether oxygens (including phenoxy) is 2. The minimum absolute atomic E-state index is 0.123. The fourth-order valence-electron chi connectivity index (χ4n) is 4.78. The molecule has 0 aliphatic carbocycles. The number of amides is 1. The standard InChI is InChI=1S/C26H31N5O3/c1-3-4-19-5-7-20(8-6-19)31-18-21(34-26(31)32)17-29-13-15-30(16-14-29)23-11-12-27-22-9-10-24(33-2)28-25(22)23/h5-12,21H,3-4,13-18H2,1-2H3/t21-/m1/s1. The summed E-state index contributed by atoms with van der Waals surface area (Å²) in [7, 11) is 1.63. The maximum Gasteiger partial charge on any atom is 0.414 e. The molecule has 3 aromatic rings. The second-order valence-electron chi connectivity index (χ2n) is 8.87. The second kappa shape index (κ2) is 9.85. The van der Waals surface area contributed by atoms with E-state index in [4.69, 9.17) is 9.47 Å². The van der Waals surface area contributed by atoms with Crippen molar-refractivity contribution in [2.75, 3.05) is 56.2 Å². The largest absolute Gasteiger partial charge is 0.481 e. The van der Waals surface area contributed by atoms with Crippen LogP contribution in [0.2, 0.25) is 0 Å². The van der Waals surface area contributed by atoms with Crippen LogP contribution >= 0.6 is 0 Å². The Labute approximate surface area is 200 Å². The van der Waals surface area contributed by atoms with Crippen LogP contribution in [0.5, 0.6) is 5.88 Å². The lowest BCUT2D eigenvalue weighted by Crippen LogP contribution is -2.49. The van der Waals surface area contributed by atoms with Crippen LogP contribution < -0.4 is 14.5 Å². The van der Waals surface area contributed by atoms with Gasteiger partial charge in [0.25, 0.3) is 0 Å². The minimum atomic E-state index is -0.254. The van der Waals surface area contributed by atoms with E-state index in [-0.39, 0.29) is 12.2 Å². The van der Waals surface area contributed by atoms with E-state index in [1.54, 1.807) is 12.0 Å². The van der Waals surface area contributed by atoms with E-state index in [2.05, 4.69) is 38.8 Å². The molecule has 4 heterocycles. The lowest BCUT2D eigenvalue weighted by Gasteiger charge is -2.36. The van der Waals surface area contributed by atoms with Crippen molar-refractivity contribution in [3.05, 3.63) is 54.2 Å². The summed E-state index contributed by atoms with van der Waals surface area (Å²) in [5.74, 6) is 0.591. The van der Waals surface area contributed by atoms with Crippen LogP contribution in [-0.2, 0) is 11.2 Å². The number of carbonyl (C=O) groups is 1. The topological polar surface area (TPSA) is 71.0 Å². The third-order valence-electron chi connectivity index (χ3n) is 6.58. The van der Waals surface area contributed by atoms with Gasteiger partial charge in [0.05, 0.1) is 24.9 Å². The molecule has 34 heavy (non-hydrogen) atoms. The molecule has 8 heteroatoms. The molecule has 0 N–H and O–H groups in total. The van der Waals surface area contributed by atoms with Crippen LogP contribution in [0.1, 0.15) is 18.9 Å². The molecule has 0 bridgehead atoms. The lowest BCUT2D eigenvalue weighted by atomic mass is 10.1. The van der Waals surface area contributed by atoms with Crippen molar-refractivity contribution < 1.29 is 14.3 Å². The first-order valence-corrected chi connectivity index (χ1v) is 12.0. The molecule has 2 saturated heterocycles. The fourth-order valence-corrected chi connectivity index (χ4v) is 4.78. The highest BCUT2D eigenvalue weighted by Gasteiger charge is 2.34. The summed E-state index contributed by atoms with van der Waals surface area (Å²) < 4.78 is 11.0. The first-order valence-electron chi connectivity index (χ1n) is 12.0. The third kappa shape index (κ3) is 4.63. The molecule has 2 fully saturated rings. The van der Waals surface area contributed by atoms with Crippen LogP contribution in [0.15, 0.2) is 48.7 Å². The zero-order valence-corrected chi connectivity index (χ0v) is 19.8. The first kappa shape index (κ1) is 22.4. The summed E-state index contributed by atoms with van der Waals surface area (Å²) in [6.07, 6.45) is 3.62. The molecule has 0 unspecified atom stereocenters. The van der Waals surface area contributed by atoms with Gasteiger partial charge in [-0.3, -0.25) is 14.8 Å². The van der Waals surface area contributed by atoms with Gasteiger partial charge in [0, 0.05) is 50.7 Å². The molecule has 0 saturated carbocycles. The zero-order chi connectivity index (χ0) is 23.5. The average molecular weight is 462 g/mol. The van der Waals surface area contributed by atoms with Gasteiger partial charge in [0.2, 0.25) is 5.88 Å². The van der Waals surface area contributed by atoms with Gasteiger partial charge in [0.1, 0.15) is 11.6 Å². The van der Waals surface area contributed by atoms with E-state index in [9.17, 15) is 4.79 Å². The van der Waals surface area contributed by atoms with Gasteiger partial charge in [-0.15, -0.1) is 0 Å². The number of methoxy groups -OCH3 is 1. The molecule has 2 aromatic heterocycles. The number of pyridine rings is 2. The number of hydrogen-bond acceptors (Lipinski definition) is 7. The summed E-state index contributed by atoms with van der Waals surface area (Å²) >= 11 is 0. The average Bonchev–Trinajstić information content (AvgIpc) is 3.24. The molecule has 8 nitrogen and oxygen atoms in total. The van der Waals surface area contributed by atoms with Crippen molar-refractivity contribution in [1.82, 2.24) is 14.9 Å². The molecule has 2 aliphatic heterocycles. The highest BCUT2D eigenvalue weighted by molar-refractivity contribution is 5.90. The van der Waals surface area contributed by atoms with E-state index in [1.165, 1.54) is 5.56 Å². The number of fused-ring (bicyclic) bond motifs is 1. The summed E-state index contributed by atoms with van der Waals surface area (Å²) in [5.41, 5.74) is 5.00. The third-order valence-corrected chi connectivity index (χ3v) is 6.58. The number of benzene rings is 1. The number of anilines is 2. The van der Waals surface area contributed by atoms with Gasteiger partial charge in [-0.25, -0.2) is 9.78 Å². The van der Waals surface area contributed by atoms with Crippen molar-refractivity contribution >= 4 is 28.5 Å². The van der Waals surface area contributed by atoms with E-state index in [0.29, 0.717) is 12.4 Å². The fraction of sp³-hybridized carbons (Fsp3) is 0.423. The molecular formula is C26H31N5O3. The molecule has 2 aliphatic rings. The molecule has 1 atom stereocenters. The summed E-state index contributed by atoms with van der Waals surface area (Å²) in [4.78, 5) is 28.0. The number of piperazine rings is 1. The zero-order valence-electron chi connectivity index (χ0n) is 19.8. The number of cyclic esters (lactones) is 1. The van der Waals surface area contributed by atoms with Crippen molar-refractivity contribution in [2.24, 2.45) is 0 Å². The first-order chi connectivity index (χ1) is 16.6. The van der Waals surface area contributed by atoms with Crippen LogP contribution in [-0.4, -0.2) is 73.4 Å². The Hall–Kier alpha value is -3.39.